The van der Waals surface area contributed by atoms with Crippen molar-refractivity contribution in [1.82, 2.24) is 0 Å². The zero-order chi connectivity index (χ0) is 6.85. The number of esters is 1. The standard InChI is InChI=1S/C6H9NO2/c1-2-4-5(7)3-9-6(4)8/h2-3,7H2,1H3. The van der Waals surface area contributed by atoms with Crippen molar-refractivity contribution in [3.8, 4) is 0 Å². The Hall–Kier alpha value is -0.990. The zero-order valence-electron chi connectivity index (χ0n) is 5.31. The molecule has 3 nitrogen and oxygen atoms in total. The van der Waals surface area contributed by atoms with Crippen molar-refractivity contribution < 1.29 is 9.53 Å². The molecule has 0 fully saturated rings. The SMILES string of the molecule is CCC1=C(N)COC1=O. The van der Waals surface area contributed by atoms with E-state index in [1.54, 1.807) is 0 Å². The van der Waals surface area contributed by atoms with Gasteiger partial charge in [0.15, 0.2) is 0 Å². The zero-order valence-corrected chi connectivity index (χ0v) is 5.31. The first kappa shape index (κ1) is 6.13. The van der Waals surface area contributed by atoms with Gasteiger partial charge in [-0.1, -0.05) is 6.92 Å². The molecule has 0 spiro atoms. The summed E-state index contributed by atoms with van der Waals surface area (Å²) in [5.74, 6) is -0.255. The summed E-state index contributed by atoms with van der Waals surface area (Å²) in [6, 6.07) is 0. The van der Waals surface area contributed by atoms with E-state index in [1.165, 1.54) is 0 Å². The van der Waals surface area contributed by atoms with Crippen molar-refractivity contribution in [2.75, 3.05) is 6.61 Å². The van der Waals surface area contributed by atoms with Gasteiger partial charge in [0.1, 0.15) is 6.61 Å². The quantitative estimate of drug-likeness (QED) is 0.511. The average molecular weight is 127 g/mol. The van der Waals surface area contributed by atoms with Crippen LogP contribution < -0.4 is 5.73 Å². The first-order chi connectivity index (χ1) is 4.25. The Bertz CT molecular complexity index is 172. The van der Waals surface area contributed by atoms with Crippen LogP contribution in [-0.4, -0.2) is 12.6 Å². The number of hydrogen-bond acceptors (Lipinski definition) is 3. The summed E-state index contributed by atoms with van der Waals surface area (Å²) < 4.78 is 4.63. The highest BCUT2D eigenvalue weighted by Gasteiger charge is 2.19. The van der Waals surface area contributed by atoms with E-state index in [4.69, 9.17) is 5.73 Å². The van der Waals surface area contributed by atoms with Gasteiger partial charge in [-0.05, 0) is 6.42 Å². The fourth-order valence-electron chi connectivity index (χ4n) is 0.820. The van der Waals surface area contributed by atoms with Crippen LogP contribution in [0.3, 0.4) is 0 Å². The Balaban J connectivity index is 2.82. The summed E-state index contributed by atoms with van der Waals surface area (Å²) >= 11 is 0. The third kappa shape index (κ3) is 0.896. The maximum absolute atomic E-state index is 10.7. The van der Waals surface area contributed by atoms with Crippen LogP contribution in [0, 0.1) is 0 Å². The van der Waals surface area contributed by atoms with Crippen LogP contribution in [0.5, 0.6) is 0 Å². The van der Waals surface area contributed by atoms with Crippen LogP contribution in [0.1, 0.15) is 13.3 Å². The van der Waals surface area contributed by atoms with Gasteiger partial charge in [-0.15, -0.1) is 0 Å². The van der Waals surface area contributed by atoms with Crippen LogP contribution in [0.25, 0.3) is 0 Å². The van der Waals surface area contributed by atoms with E-state index in [0.717, 1.165) is 0 Å². The number of carbonyl (C=O) groups is 1. The van der Waals surface area contributed by atoms with E-state index in [1.807, 2.05) is 6.92 Å². The third-order valence-corrected chi connectivity index (χ3v) is 1.35. The number of cyclic esters (lactones) is 1. The molecule has 3 heteroatoms. The molecule has 0 amide bonds. The van der Waals surface area contributed by atoms with E-state index in [2.05, 4.69) is 4.74 Å². The fourth-order valence-corrected chi connectivity index (χ4v) is 0.820. The highest BCUT2D eigenvalue weighted by Crippen LogP contribution is 2.13. The lowest BCUT2D eigenvalue weighted by Gasteiger charge is -1.89. The summed E-state index contributed by atoms with van der Waals surface area (Å²) in [6.45, 7) is 2.16. The van der Waals surface area contributed by atoms with Crippen molar-refractivity contribution >= 4 is 5.97 Å². The maximum Gasteiger partial charge on any atom is 0.336 e. The van der Waals surface area contributed by atoms with Crippen LogP contribution in [0.15, 0.2) is 11.3 Å². The average Bonchev–Trinajstić information content (AvgIpc) is 2.12. The second kappa shape index (κ2) is 2.09. The van der Waals surface area contributed by atoms with Crippen LogP contribution in [-0.2, 0) is 9.53 Å². The molecule has 0 aromatic carbocycles. The summed E-state index contributed by atoms with van der Waals surface area (Å²) in [5, 5.41) is 0. The molecule has 1 rings (SSSR count). The van der Waals surface area contributed by atoms with Crippen molar-refractivity contribution in [2.45, 2.75) is 13.3 Å². The predicted molar refractivity (Wildman–Crippen MR) is 32.5 cm³/mol. The molecule has 0 radical (unpaired) electrons. The van der Waals surface area contributed by atoms with Crippen molar-refractivity contribution in [3.05, 3.63) is 11.3 Å². The number of ether oxygens (including phenoxy) is 1. The van der Waals surface area contributed by atoms with Crippen LogP contribution in [0.4, 0.5) is 0 Å². The molecule has 9 heavy (non-hydrogen) atoms. The number of nitrogens with two attached hydrogens (primary N) is 1. The highest BCUT2D eigenvalue weighted by molar-refractivity contribution is 5.91. The Labute approximate surface area is 53.5 Å². The first-order valence-corrected chi connectivity index (χ1v) is 2.90. The molecule has 50 valence electrons. The molecule has 1 aliphatic heterocycles. The smallest absolute Gasteiger partial charge is 0.336 e. The molecule has 0 bridgehead atoms. The van der Waals surface area contributed by atoms with Gasteiger partial charge < -0.3 is 10.5 Å². The molecule has 2 N–H and O–H groups in total. The maximum atomic E-state index is 10.7. The van der Waals surface area contributed by atoms with Gasteiger partial charge in [0, 0.05) is 0 Å². The summed E-state index contributed by atoms with van der Waals surface area (Å²) in [7, 11) is 0. The molecule has 0 aliphatic carbocycles. The normalized spacial score (nSPS) is 18.6. The minimum atomic E-state index is -0.255. The molecule has 1 aliphatic rings. The Morgan fingerprint density at radius 2 is 2.44 bits per heavy atom. The molecule has 0 aromatic heterocycles. The minimum absolute atomic E-state index is 0.255. The summed E-state index contributed by atoms with van der Waals surface area (Å²) in [6.07, 6.45) is 0.671. The van der Waals surface area contributed by atoms with Gasteiger partial charge >= 0.3 is 5.97 Å². The molecular weight excluding hydrogens is 118 g/mol. The fraction of sp³-hybridized carbons (Fsp3) is 0.500. The highest BCUT2D eigenvalue weighted by atomic mass is 16.5. The second-order valence-electron chi connectivity index (χ2n) is 1.93. The Morgan fingerprint density at radius 1 is 1.78 bits per heavy atom. The van der Waals surface area contributed by atoms with E-state index < -0.39 is 0 Å². The van der Waals surface area contributed by atoms with Gasteiger partial charge in [-0.3, -0.25) is 0 Å². The second-order valence-corrected chi connectivity index (χ2v) is 1.93. The van der Waals surface area contributed by atoms with Crippen molar-refractivity contribution in [1.29, 1.82) is 0 Å². The molecule has 0 aromatic rings. The lowest BCUT2D eigenvalue weighted by atomic mass is 10.2. The largest absolute Gasteiger partial charge is 0.456 e. The molecular formula is C6H9NO2. The van der Waals surface area contributed by atoms with Crippen molar-refractivity contribution in [3.63, 3.8) is 0 Å². The predicted octanol–water partition coefficient (Wildman–Crippen LogP) is 0.166. The molecule has 0 atom stereocenters. The Kier molecular flexibility index (Phi) is 1.42. The Morgan fingerprint density at radius 3 is 2.67 bits per heavy atom. The van der Waals surface area contributed by atoms with E-state index in [9.17, 15) is 4.79 Å². The van der Waals surface area contributed by atoms with Crippen LogP contribution >= 0.6 is 0 Å². The summed E-state index contributed by atoms with van der Waals surface area (Å²) in [5.41, 5.74) is 6.63. The van der Waals surface area contributed by atoms with E-state index in [0.29, 0.717) is 17.7 Å². The van der Waals surface area contributed by atoms with Crippen LogP contribution in [0.2, 0.25) is 0 Å². The molecule has 0 saturated carbocycles. The topological polar surface area (TPSA) is 52.3 Å². The van der Waals surface area contributed by atoms with Gasteiger partial charge in [0.05, 0.1) is 11.3 Å². The van der Waals surface area contributed by atoms with Gasteiger partial charge in [-0.25, -0.2) is 4.79 Å². The van der Waals surface area contributed by atoms with Gasteiger partial charge in [0.25, 0.3) is 0 Å². The van der Waals surface area contributed by atoms with Gasteiger partial charge in [-0.2, -0.15) is 0 Å². The number of rotatable bonds is 1. The van der Waals surface area contributed by atoms with Gasteiger partial charge in [0.2, 0.25) is 0 Å². The lowest BCUT2D eigenvalue weighted by Crippen LogP contribution is -2.00. The van der Waals surface area contributed by atoms with E-state index >= 15 is 0 Å². The lowest BCUT2D eigenvalue weighted by molar-refractivity contribution is -0.136. The minimum Gasteiger partial charge on any atom is -0.456 e. The molecule has 0 unspecified atom stereocenters. The summed E-state index contributed by atoms with van der Waals surface area (Å²) in [4.78, 5) is 10.7. The first-order valence-electron chi connectivity index (χ1n) is 2.90. The number of carbonyl (C=O) groups excluding carboxylic acids is 1. The molecule has 1 heterocycles. The van der Waals surface area contributed by atoms with E-state index in [-0.39, 0.29) is 12.6 Å². The third-order valence-electron chi connectivity index (χ3n) is 1.35. The molecule has 0 saturated heterocycles. The van der Waals surface area contributed by atoms with Crippen molar-refractivity contribution in [2.24, 2.45) is 5.73 Å². The monoisotopic (exact) mass is 127 g/mol. The number of hydrogen-bond donors (Lipinski definition) is 1.